The van der Waals surface area contributed by atoms with E-state index in [1.807, 2.05) is 26.8 Å². The van der Waals surface area contributed by atoms with Gasteiger partial charge < -0.3 is 10.2 Å². The van der Waals surface area contributed by atoms with Crippen molar-refractivity contribution in [1.82, 2.24) is 4.90 Å². The third-order valence-corrected chi connectivity index (χ3v) is 4.78. The highest BCUT2D eigenvalue weighted by Gasteiger charge is 2.17. The van der Waals surface area contributed by atoms with Crippen LogP contribution in [-0.4, -0.2) is 29.8 Å². The Morgan fingerprint density at radius 2 is 1.87 bits per heavy atom. The lowest BCUT2D eigenvalue weighted by Crippen LogP contribution is -2.30. The minimum Gasteiger partial charge on any atom is -0.339 e. The Morgan fingerprint density at radius 3 is 2.39 bits per heavy atom. The van der Waals surface area contributed by atoms with E-state index in [1.165, 1.54) is 11.3 Å². The Balaban J connectivity index is 2.16. The molecule has 0 radical (unpaired) electrons. The molecule has 6 heteroatoms. The van der Waals surface area contributed by atoms with Crippen molar-refractivity contribution >= 4 is 40.4 Å². The van der Waals surface area contributed by atoms with Gasteiger partial charge in [-0.2, -0.15) is 0 Å². The predicted octanol–water partition coefficient (Wildman–Crippen LogP) is 4.44. The van der Waals surface area contributed by atoms with E-state index < -0.39 is 0 Å². The minimum atomic E-state index is -0.179. The van der Waals surface area contributed by atoms with Crippen LogP contribution in [0.15, 0.2) is 30.3 Å². The molecular weight excluding hydrogens is 332 g/mol. The molecule has 0 unspecified atom stereocenters. The van der Waals surface area contributed by atoms with E-state index >= 15 is 0 Å². The molecular formula is C17H19ClN2O2S. The topological polar surface area (TPSA) is 49.4 Å². The molecule has 1 heterocycles. The summed E-state index contributed by atoms with van der Waals surface area (Å²) < 4.78 is 0. The van der Waals surface area contributed by atoms with E-state index in [1.54, 1.807) is 29.2 Å². The summed E-state index contributed by atoms with van der Waals surface area (Å²) in [6.07, 6.45) is 0. The Labute approximate surface area is 145 Å². The third kappa shape index (κ3) is 4.12. The molecule has 2 rings (SSSR count). The molecule has 2 amide bonds. The number of hydrogen-bond donors (Lipinski definition) is 1. The smallest absolute Gasteiger partial charge is 0.265 e. The summed E-state index contributed by atoms with van der Waals surface area (Å²) in [5, 5.41) is 3.13. The van der Waals surface area contributed by atoms with Crippen LogP contribution < -0.4 is 5.32 Å². The highest BCUT2D eigenvalue weighted by Crippen LogP contribution is 2.24. The van der Waals surface area contributed by atoms with Gasteiger partial charge in [0, 0.05) is 23.7 Å². The number of rotatable bonds is 5. The van der Waals surface area contributed by atoms with E-state index in [9.17, 15) is 9.59 Å². The zero-order chi connectivity index (χ0) is 17.0. The summed E-state index contributed by atoms with van der Waals surface area (Å²) in [7, 11) is 0. The standard InChI is InChI=1S/C17H19ClN2O2S/c1-4-20(5-2)17(22)13-8-7-12(10-14(13)18)19-16(21)15-9-6-11(3)23-15/h6-10H,4-5H2,1-3H3,(H,19,21). The number of halogens is 1. The van der Waals surface area contributed by atoms with Gasteiger partial charge in [0.25, 0.3) is 11.8 Å². The van der Waals surface area contributed by atoms with Crippen molar-refractivity contribution in [2.45, 2.75) is 20.8 Å². The quantitative estimate of drug-likeness (QED) is 0.866. The van der Waals surface area contributed by atoms with Crippen LogP contribution >= 0.6 is 22.9 Å². The van der Waals surface area contributed by atoms with E-state index in [4.69, 9.17) is 11.6 Å². The third-order valence-electron chi connectivity index (χ3n) is 3.47. The molecule has 0 bridgehead atoms. The van der Waals surface area contributed by atoms with E-state index in [2.05, 4.69) is 5.32 Å². The largest absolute Gasteiger partial charge is 0.339 e. The lowest BCUT2D eigenvalue weighted by molar-refractivity contribution is 0.0773. The lowest BCUT2D eigenvalue weighted by Gasteiger charge is -2.19. The zero-order valence-corrected chi connectivity index (χ0v) is 14.9. The van der Waals surface area contributed by atoms with Gasteiger partial charge in [-0.25, -0.2) is 0 Å². The number of amides is 2. The van der Waals surface area contributed by atoms with Crippen molar-refractivity contribution in [1.29, 1.82) is 0 Å². The van der Waals surface area contributed by atoms with Gasteiger partial charge in [-0.3, -0.25) is 9.59 Å². The number of anilines is 1. The lowest BCUT2D eigenvalue weighted by atomic mass is 10.1. The zero-order valence-electron chi connectivity index (χ0n) is 13.4. The fourth-order valence-electron chi connectivity index (χ4n) is 2.20. The molecule has 0 saturated carbocycles. The average Bonchev–Trinajstić information content (AvgIpc) is 2.95. The molecule has 1 aromatic heterocycles. The fourth-order valence-corrected chi connectivity index (χ4v) is 3.22. The molecule has 2 aromatic rings. The molecule has 23 heavy (non-hydrogen) atoms. The number of thiophene rings is 1. The molecule has 0 aliphatic rings. The van der Waals surface area contributed by atoms with Gasteiger partial charge in [0.1, 0.15) is 0 Å². The molecule has 0 aliphatic heterocycles. The van der Waals surface area contributed by atoms with Crippen LogP contribution in [0.1, 0.15) is 38.8 Å². The van der Waals surface area contributed by atoms with Crippen LogP contribution in [0.3, 0.4) is 0 Å². The molecule has 4 nitrogen and oxygen atoms in total. The summed E-state index contributed by atoms with van der Waals surface area (Å²) in [6, 6.07) is 8.64. The Kier molecular flexibility index (Phi) is 5.80. The van der Waals surface area contributed by atoms with Gasteiger partial charge in [0.15, 0.2) is 0 Å². The second-order valence-corrected chi connectivity index (χ2v) is 6.73. The number of carbonyl (C=O) groups excluding carboxylic acids is 2. The maximum atomic E-state index is 12.3. The maximum absolute atomic E-state index is 12.3. The number of aryl methyl sites for hydroxylation is 1. The van der Waals surface area contributed by atoms with Crippen LogP contribution in [0.2, 0.25) is 5.02 Å². The average molecular weight is 351 g/mol. The predicted molar refractivity (Wildman–Crippen MR) is 95.7 cm³/mol. The Morgan fingerprint density at radius 1 is 1.17 bits per heavy atom. The van der Waals surface area contributed by atoms with Crippen molar-refractivity contribution in [3.05, 3.63) is 50.7 Å². The highest BCUT2D eigenvalue weighted by molar-refractivity contribution is 7.14. The number of hydrogen-bond acceptors (Lipinski definition) is 3. The van der Waals surface area contributed by atoms with Crippen LogP contribution in [-0.2, 0) is 0 Å². The van der Waals surface area contributed by atoms with E-state index in [-0.39, 0.29) is 11.8 Å². The highest BCUT2D eigenvalue weighted by atomic mass is 35.5. The summed E-state index contributed by atoms with van der Waals surface area (Å²) in [5.41, 5.74) is 1.02. The van der Waals surface area contributed by atoms with Crippen LogP contribution in [0, 0.1) is 6.92 Å². The normalized spacial score (nSPS) is 10.4. The van der Waals surface area contributed by atoms with Crippen molar-refractivity contribution < 1.29 is 9.59 Å². The minimum absolute atomic E-state index is 0.105. The molecule has 0 atom stereocenters. The SMILES string of the molecule is CCN(CC)C(=O)c1ccc(NC(=O)c2ccc(C)s2)cc1Cl. The summed E-state index contributed by atoms with van der Waals surface area (Å²) in [4.78, 5) is 27.9. The van der Waals surface area contributed by atoms with Gasteiger partial charge in [0.05, 0.1) is 15.5 Å². The number of nitrogens with one attached hydrogen (secondary N) is 1. The van der Waals surface area contributed by atoms with Gasteiger partial charge in [-0.1, -0.05) is 11.6 Å². The van der Waals surface area contributed by atoms with Crippen LogP contribution in [0.4, 0.5) is 5.69 Å². The number of benzene rings is 1. The first-order valence-corrected chi connectivity index (χ1v) is 8.62. The van der Waals surface area contributed by atoms with Crippen LogP contribution in [0.25, 0.3) is 0 Å². The second kappa shape index (κ2) is 7.62. The summed E-state index contributed by atoms with van der Waals surface area (Å²) in [6.45, 7) is 7.05. The molecule has 0 aliphatic carbocycles. The monoisotopic (exact) mass is 350 g/mol. The van der Waals surface area contributed by atoms with Gasteiger partial charge in [-0.05, 0) is 51.1 Å². The Bertz CT molecular complexity index is 723. The molecule has 1 aromatic carbocycles. The van der Waals surface area contributed by atoms with Gasteiger partial charge in [0.2, 0.25) is 0 Å². The van der Waals surface area contributed by atoms with Crippen molar-refractivity contribution in [2.24, 2.45) is 0 Å². The van der Waals surface area contributed by atoms with Gasteiger partial charge >= 0.3 is 0 Å². The van der Waals surface area contributed by atoms with Crippen molar-refractivity contribution in [3.8, 4) is 0 Å². The first-order valence-electron chi connectivity index (χ1n) is 7.42. The molecule has 0 saturated heterocycles. The summed E-state index contributed by atoms with van der Waals surface area (Å²) >= 11 is 7.65. The Hall–Kier alpha value is -1.85. The van der Waals surface area contributed by atoms with Crippen LogP contribution in [0.5, 0.6) is 0 Å². The summed E-state index contributed by atoms with van der Waals surface area (Å²) in [5.74, 6) is -0.284. The van der Waals surface area contributed by atoms with E-state index in [0.29, 0.717) is 34.2 Å². The first-order chi connectivity index (χ1) is 11.0. The van der Waals surface area contributed by atoms with E-state index in [0.717, 1.165) is 4.88 Å². The van der Waals surface area contributed by atoms with Gasteiger partial charge in [-0.15, -0.1) is 11.3 Å². The maximum Gasteiger partial charge on any atom is 0.265 e. The van der Waals surface area contributed by atoms with Crippen molar-refractivity contribution in [2.75, 3.05) is 18.4 Å². The molecule has 0 spiro atoms. The number of carbonyl (C=O) groups is 2. The molecule has 122 valence electrons. The molecule has 0 fully saturated rings. The first kappa shape index (κ1) is 17.5. The second-order valence-electron chi connectivity index (χ2n) is 5.04. The fraction of sp³-hybridized carbons (Fsp3) is 0.294. The van der Waals surface area contributed by atoms with Crippen molar-refractivity contribution in [3.63, 3.8) is 0 Å². The molecule has 1 N–H and O–H groups in total. The number of nitrogens with zero attached hydrogens (tertiary/aromatic N) is 1.